The van der Waals surface area contributed by atoms with Gasteiger partial charge < -0.3 is 29.9 Å². The molecule has 3 saturated carbocycles. The highest BCUT2D eigenvalue weighted by molar-refractivity contribution is 7.90. The van der Waals surface area contributed by atoms with E-state index in [9.17, 15) is 18.0 Å². The number of ether oxygens (including phenoxy) is 2. The predicted octanol–water partition coefficient (Wildman–Crippen LogP) is 3.50. The first-order valence-electron chi connectivity index (χ1n) is 18.4. The van der Waals surface area contributed by atoms with Gasteiger partial charge in [0.15, 0.2) is 23.1 Å². The van der Waals surface area contributed by atoms with Crippen molar-refractivity contribution in [1.29, 1.82) is 0 Å². The Morgan fingerprint density at radius 3 is 1.88 bits per heavy atom. The average molecular weight is 729 g/mol. The molecule has 0 radical (unpaired) electrons. The third kappa shape index (κ3) is 6.42. The maximum absolute atomic E-state index is 12.9. The molecule has 10 rings (SSSR count). The van der Waals surface area contributed by atoms with Crippen LogP contribution in [-0.2, 0) is 10.0 Å². The third-order valence-corrected chi connectivity index (χ3v) is 14.1. The van der Waals surface area contributed by atoms with Gasteiger partial charge in [0.2, 0.25) is 10.0 Å². The van der Waals surface area contributed by atoms with Crippen molar-refractivity contribution in [3.63, 3.8) is 0 Å². The minimum atomic E-state index is -3.23. The summed E-state index contributed by atoms with van der Waals surface area (Å²) in [5.41, 5.74) is 2.47. The van der Waals surface area contributed by atoms with Crippen LogP contribution in [0.3, 0.4) is 0 Å². The molecule has 2 saturated heterocycles. The fraction of sp³-hybridized carbons (Fsp3) is 0.541. The number of carbonyl (C=O) groups is 2. The second kappa shape index (κ2) is 12.6. The molecule has 7 aliphatic rings. The Bertz CT molecular complexity index is 2000. The normalized spacial score (nSPS) is 24.4. The molecule has 3 aromatic rings. The van der Waals surface area contributed by atoms with Crippen molar-refractivity contribution in [1.82, 2.24) is 29.1 Å². The highest BCUT2D eigenvalue weighted by Crippen LogP contribution is 2.46. The molecule has 5 fully saturated rings. The molecule has 14 nitrogen and oxygen atoms in total. The van der Waals surface area contributed by atoms with Gasteiger partial charge in [-0.15, -0.1) is 0 Å². The minimum Gasteiger partial charge on any atom is -0.487 e. The monoisotopic (exact) mass is 728 g/mol. The number of fused-ring (bicyclic) bond motifs is 2. The minimum absolute atomic E-state index is 0.0298. The van der Waals surface area contributed by atoms with Crippen LogP contribution < -0.4 is 20.1 Å². The van der Waals surface area contributed by atoms with Crippen molar-refractivity contribution in [2.75, 3.05) is 57.1 Å². The zero-order valence-electron chi connectivity index (χ0n) is 29.3. The fourth-order valence-electron chi connectivity index (χ4n) is 7.63. The number of nitrogens with one attached hydrogen (secondary N) is 2. The zero-order chi connectivity index (χ0) is 35.7. The third-order valence-electron chi connectivity index (χ3n) is 11.6. The van der Waals surface area contributed by atoms with E-state index < -0.39 is 10.0 Å². The zero-order valence-corrected chi connectivity index (χ0v) is 30.1. The standard InChI is InChI=1S/C19H20N4O2.C18H24N4O4S/c24-18(23-8-3-14(11-23)13-1-6-20-7-2-13)15-9-16-17(21-10-15)22-19(4-5-19)12-25-16;1-21(27(24,25)14-2-3-14)13-4-7-22(10-13)17(23)12-8-15-16(19-9-12)20-18(5-6-18)11-26-15/h1-2,6-7,9-10,14H,3-5,8,11-12H2,(H,21,22);8-9,13-14H,2-7,10-11H2,1H3,(H,19,20)/t;13-/m.0/s1. The molecular formula is C37H44N8O6S. The number of likely N-dealkylation sites (N-methyl/N-ethyl adjacent to an activating group) is 1. The van der Waals surface area contributed by atoms with Crippen molar-refractivity contribution in [2.24, 2.45) is 0 Å². The number of pyridine rings is 3. The molecule has 274 valence electrons. The number of amides is 2. The molecule has 2 N–H and O–H groups in total. The van der Waals surface area contributed by atoms with Crippen LogP contribution in [0.1, 0.15) is 83.6 Å². The van der Waals surface area contributed by atoms with Crippen LogP contribution in [0.15, 0.2) is 49.1 Å². The van der Waals surface area contributed by atoms with Crippen LogP contribution in [0.4, 0.5) is 11.6 Å². The van der Waals surface area contributed by atoms with Gasteiger partial charge in [-0.25, -0.2) is 18.4 Å². The molecule has 2 atom stereocenters. The Morgan fingerprint density at radius 1 is 0.808 bits per heavy atom. The van der Waals surface area contributed by atoms with Gasteiger partial charge in [-0.1, -0.05) is 0 Å². The summed E-state index contributed by atoms with van der Waals surface area (Å²) in [6, 6.07) is 7.48. The highest BCUT2D eigenvalue weighted by atomic mass is 32.2. The van der Waals surface area contributed by atoms with E-state index in [1.807, 2.05) is 35.5 Å². The van der Waals surface area contributed by atoms with E-state index in [2.05, 4.69) is 25.6 Å². The van der Waals surface area contributed by atoms with Crippen LogP contribution in [0.25, 0.3) is 0 Å². The second-order valence-corrected chi connectivity index (χ2v) is 17.8. The number of anilines is 2. The topological polar surface area (TPSA) is 159 Å². The van der Waals surface area contributed by atoms with Crippen LogP contribution in [0, 0.1) is 0 Å². The Hall–Kier alpha value is -4.50. The molecule has 0 bridgehead atoms. The second-order valence-electron chi connectivity index (χ2n) is 15.5. The van der Waals surface area contributed by atoms with E-state index >= 15 is 0 Å². The van der Waals surface area contributed by atoms with Crippen LogP contribution in [0.5, 0.6) is 11.5 Å². The summed E-state index contributed by atoms with van der Waals surface area (Å²) >= 11 is 0. The van der Waals surface area contributed by atoms with Crippen molar-refractivity contribution in [3.05, 3.63) is 65.7 Å². The number of carbonyl (C=O) groups excluding carboxylic acids is 2. The molecule has 2 spiro atoms. The molecule has 0 aromatic carbocycles. The van der Waals surface area contributed by atoms with E-state index in [0.717, 1.165) is 63.9 Å². The summed E-state index contributed by atoms with van der Waals surface area (Å²) < 4.78 is 38.0. The molecule has 3 aliphatic carbocycles. The molecule has 3 aromatic heterocycles. The van der Waals surface area contributed by atoms with Crippen LogP contribution in [-0.4, -0.2) is 118 Å². The van der Waals surface area contributed by atoms with Crippen molar-refractivity contribution < 1.29 is 27.5 Å². The highest BCUT2D eigenvalue weighted by Gasteiger charge is 2.48. The van der Waals surface area contributed by atoms with Gasteiger partial charge in [0.1, 0.15) is 13.2 Å². The van der Waals surface area contributed by atoms with E-state index in [1.165, 1.54) is 9.87 Å². The molecule has 2 amide bonds. The van der Waals surface area contributed by atoms with Crippen LogP contribution in [0.2, 0.25) is 0 Å². The number of nitrogens with zero attached hydrogens (tertiary/aromatic N) is 6. The summed E-state index contributed by atoms with van der Waals surface area (Å²) in [7, 11) is -1.59. The summed E-state index contributed by atoms with van der Waals surface area (Å²) in [5.74, 6) is 3.05. The van der Waals surface area contributed by atoms with E-state index in [0.29, 0.717) is 67.1 Å². The molecule has 7 heterocycles. The Labute approximate surface area is 303 Å². The Morgan fingerprint density at radius 2 is 1.35 bits per heavy atom. The molecular weight excluding hydrogens is 685 g/mol. The summed E-state index contributed by atoms with van der Waals surface area (Å²) in [4.78, 5) is 42.2. The number of hydrogen-bond donors (Lipinski definition) is 2. The van der Waals surface area contributed by atoms with Gasteiger partial charge >= 0.3 is 0 Å². The summed E-state index contributed by atoms with van der Waals surface area (Å²) in [5, 5.41) is 6.62. The lowest BCUT2D eigenvalue weighted by Crippen LogP contribution is -2.41. The summed E-state index contributed by atoms with van der Waals surface area (Å²) in [6.45, 7) is 3.74. The lowest BCUT2D eigenvalue weighted by atomic mass is 10.00. The predicted molar refractivity (Wildman–Crippen MR) is 192 cm³/mol. The number of sulfonamides is 1. The van der Waals surface area contributed by atoms with E-state index in [-0.39, 0.29) is 34.2 Å². The maximum atomic E-state index is 12.9. The van der Waals surface area contributed by atoms with E-state index in [4.69, 9.17) is 9.47 Å². The van der Waals surface area contributed by atoms with Crippen LogP contribution >= 0.6 is 0 Å². The van der Waals surface area contributed by atoms with Crippen molar-refractivity contribution >= 4 is 33.5 Å². The quantitative estimate of drug-likeness (QED) is 0.383. The summed E-state index contributed by atoms with van der Waals surface area (Å²) in [6.07, 6.45) is 14.4. The lowest BCUT2D eigenvalue weighted by molar-refractivity contribution is 0.0779. The maximum Gasteiger partial charge on any atom is 0.255 e. The van der Waals surface area contributed by atoms with Gasteiger partial charge in [0.05, 0.1) is 27.5 Å². The van der Waals surface area contributed by atoms with Gasteiger partial charge in [-0.2, -0.15) is 4.31 Å². The van der Waals surface area contributed by atoms with Crippen molar-refractivity contribution in [3.8, 4) is 11.5 Å². The Kier molecular flexibility index (Phi) is 8.06. The van der Waals surface area contributed by atoms with Gasteiger partial charge in [0, 0.05) is 70.0 Å². The first-order chi connectivity index (χ1) is 25.1. The average Bonchev–Trinajstić information content (AvgIpc) is 4.15. The first kappa shape index (κ1) is 33.3. The molecule has 4 aliphatic heterocycles. The SMILES string of the molecule is CN([C@H]1CCN(C(=O)c2cnc3c(c2)OCC2(CC2)N3)C1)S(=O)(=O)C1CC1.O=C(c1cnc2c(c1)OCC1(CC1)N2)N1CCC(c2ccncc2)C1. The Balaban J connectivity index is 0.000000139. The molecule has 15 heteroatoms. The number of hydrogen-bond acceptors (Lipinski definition) is 11. The molecule has 1 unspecified atom stereocenters. The number of rotatable bonds is 6. The fourth-order valence-corrected chi connectivity index (χ4v) is 9.42. The van der Waals surface area contributed by atoms with Gasteiger partial charge in [0.25, 0.3) is 11.8 Å². The number of aromatic nitrogens is 3. The van der Waals surface area contributed by atoms with Crippen molar-refractivity contribution in [2.45, 2.75) is 79.7 Å². The smallest absolute Gasteiger partial charge is 0.255 e. The van der Waals surface area contributed by atoms with E-state index in [1.54, 1.807) is 30.4 Å². The molecule has 52 heavy (non-hydrogen) atoms. The largest absolute Gasteiger partial charge is 0.487 e. The number of likely N-dealkylation sites (tertiary alicyclic amines) is 2. The lowest BCUT2D eigenvalue weighted by Gasteiger charge is -2.27. The first-order valence-corrected chi connectivity index (χ1v) is 19.9. The van der Waals surface area contributed by atoms with Gasteiger partial charge in [-0.05, 0) is 81.2 Å². The van der Waals surface area contributed by atoms with Gasteiger partial charge in [-0.3, -0.25) is 14.6 Å².